The standard InChI is InChI=1S/C12H20N2O4S3/c1-14(6-8-20(2,15)16)21(17,18)9-7-19-12-5-3-4-11(13)10-12/h3-5,10H,6-9,13H2,1-2H3. The van der Waals surface area contributed by atoms with E-state index in [-0.39, 0.29) is 18.1 Å². The molecular weight excluding hydrogens is 332 g/mol. The highest BCUT2D eigenvalue weighted by Crippen LogP contribution is 2.20. The summed E-state index contributed by atoms with van der Waals surface area (Å²) in [6, 6.07) is 7.22. The number of nitrogen functional groups attached to an aromatic ring is 1. The Balaban J connectivity index is 2.49. The Morgan fingerprint density at radius 1 is 1.19 bits per heavy atom. The molecule has 6 nitrogen and oxygen atoms in total. The van der Waals surface area contributed by atoms with Gasteiger partial charge in [-0.1, -0.05) is 6.07 Å². The molecule has 0 spiro atoms. The average Bonchev–Trinajstić information content (AvgIpc) is 2.35. The average molecular weight is 353 g/mol. The van der Waals surface area contributed by atoms with E-state index in [1.807, 2.05) is 12.1 Å². The summed E-state index contributed by atoms with van der Waals surface area (Å²) in [6.45, 7) is -0.0237. The third-order valence-corrected chi connectivity index (χ3v) is 6.75. The van der Waals surface area contributed by atoms with Crippen LogP contribution in [0.5, 0.6) is 0 Å². The molecule has 1 aromatic carbocycles. The number of benzene rings is 1. The molecule has 0 saturated carbocycles. The molecule has 0 atom stereocenters. The summed E-state index contributed by atoms with van der Waals surface area (Å²) in [7, 11) is -5.22. The molecule has 0 fully saturated rings. The molecule has 0 saturated heterocycles. The molecule has 120 valence electrons. The highest BCUT2D eigenvalue weighted by Gasteiger charge is 2.19. The molecule has 2 N–H and O–H groups in total. The lowest BCUT2D eigenvalue weighted by Gasteiger charge is -2.16. The second kappa shape index (κ2) is 7.48. The lowest BCUT2D eigenvalue weighted by Crippen LogP contribution is -2.33. The van der Waals surface area contributed by atoms with Gasteiger partial charge >= 0.3 is 0 Å². The fourth-order valence-corrected chi connectivity index (χ4v) is 4.67. The second-order valence-corrected chi connectivity index (χ2v) is 10.3. The van der Waals surface area contributed by atoms with Gasteiger partial charge < -0.3 is 5.73 Å². The van der Waals surface area contributed by atoms with E-state index in [2.05, 4.69) is 0 Å². The number of sulfone groups is 1. The van der Waals surface area contributed by atoms with Crippen molar-refractivity contribution >= 4 is 37.3 Å². The molecule has 21 heavy (non-hydrogen) atoms. The quantitative estimate of drug-likeness (QED) is 0.545. The van der Waals surface area contributed by atoms with Crippen LogP contribution in [0.25, 0.3) is 0 Å². The van der Waals surface area contributed by atoms with Crippen LogP contribution in [0, 0.1) is 0 Å². The summed E-state index contributed by atoms with van der Waals surface area (Å²) >= 11 is 1.40. The predicted octanol–water partition coefficient (Wildman–Crippen LogP) is 0.667. The van der Waals surface area contributed by atoms with Crippen molar-refractivity contribution in [2.45, 2.75) is 4.90 Å². The molecule has 0 aliphatic heterocycles. The van der Waals surface area contributed by atoms with Crippen LogP contribution in [0.3, 0.4) is 0 Å². The highest BCUT2D eigenvalue weighted by molar-refractivity contribution is 8.00. The van der Waals surface area contributed by atoms with Gasteiger partial charge in [0.15, 0.2) is 0 Å². The summed E-state index contributed by atoms with van der Waals surface area (Å²) in [5.74, 6) is 0.160. The molecule has 9 heteroatoms. The third-order valence-electron chi connectivity index (χ3n) is 2.72. The highest BCUT2D eigenvalue weighted by atomic mass is 32.2. The van der Waals surface area contributed by atoms with Crippen LogP contribution in [-0.2, 0) is 19.9 Å². The number of rotatable bonds is 8. The van der Waals surface area contributed by atoms with E-state index in [0.29, 0.717) is 11.4 Å². The van der Waals surface area contributed by atoms with E-state index in [9.17, 15) is 16.8 Å². The number of hydrogen-bond acceptors (Lipinski definition) is 6. The van der Waals surface area contributed by atoms with Crippen LogP contribution in [0.1, 0.15) is 0 Å². The number of anilines is 1. The van der Waals surface area contributed by atoms with Crippen molar-refractivity contribution in [1.29, 1.82) is 0 Å². The van der Waals surface area contributed by atoms with Crippen molar-refractivity contribution < 1.29 is 16.8 Å². The summed E-state index contributed by atoms with van der Waals surface area (Å²) < 4.78 is 47.2. The van der Waals surface area contributed by atoms with Crippen molar-refractivity contribution in [3.8, 4) is 0 Å². The fourth-order valence-electron chi connectivity index (χ4n) is 1.46. The summed E-state index contributed by atoms with van der Waals surface area (Å²) in [6.07, 6.45) is 1.09. The lowest BCUT2D eigenvalue weighted by molar-refractivity contribution is 0.486. The van der Waals surface area contributed by atoms with Crippen molar-refractivity contribution in [1.82, 2.24) is 4.31 Å². The summed E-state index contributed by atoms with van der Waals surface area (Å²) in [5.41, 5.74) is 6.28. The SMILES string of the molecule is CN(CCS(C)(=O)=O)S(=O)(=O)CCSc1cccc(N)c1. The maximum Gasteiger partial charge on any atom is 0.214 e. The van der Waals surface area contributed by atoms with Gasteiger partial charge in [0, 0.05) is 36.2 Å². The molecule has 0 heterocycles. The van der Waals surface area contributed by atoms with Gasteiger partial charge in [0.05, 0.1) is 11.5 Å². The second-order valence-electron chi connectivity index (χ2n) is 4.69. The number of nitrogens with zero attached hydrogens (tertiary/aromatic N) is 1. The molecule has 0 unspecified atom stereocenters. The number of sulfonamides is 1. The normalized spacial score (nSPS) is 12.7. The van der Waals surface area contributed by atoms with E-state index in [0.717, 1.165) is 15.5 Å². The van der Waals surface area contributed by atoms with Gasteiger partial charge in [0.1, 0.15) is 9.84 Å². The number of hydrogen-bond donors (Lipinski definition) is 1. The van der Waals surface area contributed by atoms with E-state index in [4.69, 9.17) is 5.73 Å². The minimum atomic E-state index is -3.45. The molecule has 1 rings (SSSR count). The van der Waals surface area contributed by atoms with Crippen LogP contribution in [0.4, 0.5) is 5.69 Å². The zero-order chi connectivity index (χ0) is 16.1. The Kier molecular flexibility index (Phi) is 6.51. The molecule has 0 aliphatic rings. The Bertz CT molecular complexity index is 671. The summed E-state index contributed by atoms with van der Waals surface area (Å²) in [4.78, 5) is 0.906. The first-order valence-corrected chi connectivity index (χ1v) is 10.9. The lowest BCUT2D eigenvalue weighted by atomic mass is 10.3. The number of thioether (sulfide) groups is 1. The smallest absolute Gasteiger partial charge is 0.214 e. The third kappa shape index (κ3) is 7.16. The zero-order valence-electron chi connectivity index (χ0n) is 12.0. The van der Waals surface area contributed by atoms with Gasteiger partial charge in [-0.2, -0.15) is 0 Å². The van der Waals surface area contributed by atoms with Crippen LogP contribution in [0.2, 0.25) is 0 Å². The Hall–Kier alpha value is -0.770. The van der Waals surface area contributed by atoms with Crippen LogP contribution in [0.15, 0.2) is 29.2 Å². The predicted molar refractivity (Wildman–Crippen MR) is 87.7 cm³/mol. The largest absolute Gasteiger partial charge is 0.399 e. The number of nitrogens with two attached hydrogens (primary N) is 1. The fraction of sp³-hybridized carbons (Fsp3) is 0.500. The Morgan fingerprint density at radius 3 is 2.43 bits per heavy atom. The molecule has 0 radical (unpaired) electrons. The van der Waals surface area contributed by atoms with E-state index >= 15 is 0 Å². The van der Waals surface area contributed by atoms with Gasteiger partial charge in [0.2, 0.25) is 10.0 Å². The van der Waals surface area contributed by atoms with Crippen LogP contribution >= 0.6 is 11.8 Å². The first kappa shape index (κ1) is 18.3. The topological polar surface area (TPSA) is 97.5 Å². The first-order chi connectivity index (χ1) is 9.60. The van der Waals surface area contributed by atoms with Gasteiger partial charge in [-0.15, -0.1) is 11.8 Å². The molecule has 0 bridgehead atoms. The maximum absolute atomic E-state index is 12.0. The molecule has 0 aromatic heterocycles. The van der Waals surface area contributed by atoms with E-state index in [1.165, 1.54) is 18.8 Å². The zero-order valence-corrected chi connectivity index (χ0v) is 14.5. The molecular formula is C12H20N2O4S3. The Labute approximate surface area is 130 Å². The minimum Gasteiger partial charge on any atom is -0.399 e. The van der Waals surface area contributed by atoms with Gasteiger partial charge in [-0.05, 0) is 18.2 Å². The molecule has 0 amide bonds. The maximum atomic E-state index is 12.0. The van der Waals surface area contributed by atoms with Crippen molar-refractivity contribution in [2.24, 2.45) is 0 Å². The first-order valence-electron chi connectivity index (χ1n) is 6.20. The molecule has 0 aliphatic carbocycles. The van der Waals surface area contributed by atoms with E-state index < -0.39 is 19.9 Å². The van der Waals surface area contributed by atoms with Crippen LogP contribution in [-0.4, -0.2) is 58.2 Å². The monoisotopic (exact) mass is 352 g/mol. The van der Waals surface area contributed by atoms with Crippen LogP contribution < -0.4 is 5.73 Å². The van der Waals surface area contributed by atoms with E-state index in [1.54, 1.807) is 12.1 Å². The van der Waals surface area contributed by atoms with Gasteiger partial charge in [-0.3, -0.25) is 0 Å². The van der Waals surface area contributed by atoms with Gasteiger partial charge in [0.25, 0.3) is 0 Å². The Morgan fingerprint density at radius 2 is 1.86 bits per heavy atom. The van der Waals surface area contributed by atoms with Crippen molar-refractivity contribution in [2.75, 3.05) is 42.8 Å². The molecule has 1 aromatic rings. The van der Waals surface area contributed by atoms with Crippen molar-refractivity contribution in [3.63, 3.8) is 0 Å². The minimum absolute atomic E-state index is 0.0237. The van der Waals surface area contributed by atoms with Crippen molar-refractivity contribution in [3.05, 3.63) is 24.3 Å². The van der Waals surface area contributed by atoms with Gasteiger partial charge in [-0.25, -0.2) is 21.1 Å². The summed E-state index contributed by atoms with van der Waals surface area (Å²) in [5, 5.41) is 0.